The summed E-state index contributed by atoms with van der Waals surface area (Å²) in [5.74, 6) is -1.18. The Balaban J connectivity index is 1.86. The highest BCUT2D eigenvalue weighted by atomic mass is 16.4. The SMILES string of the molecule is O=C(O)[C@@H]1C=CCN1C(=O)c1ccc2c(c1)CCC2. The van der Waals surface area contributed by atoms with Crippen LogP contribution in [0.2, 0.25) is 0 Å². The molecule has 4 heteroatoms. The first-order valence-corrected chi connectivity index (χ1v) is 6.49. The lowest BCUT2D eigenvalue weighted by molar-refractivity contribution is -0.140. The quantitative estimate of drug-likeness (QED) is 0.819. The Morgan fingerprint density at radius 2 is 2.00 bits per heavy atom. The van der Waals surface area contributed by atoms with Crippen molar-refractivity contribution in [2.45, 2.75) is 25.3 Å². The van der Waals surface area contributed by atoms with Crippen LogP contribution in [-0.2, 0) is 17.6 Å². The molecule has 0 saturated carbocycles. The van der Waals surface area contributed by atoms with Crippen LogP contribution in [0.3, 0.4) is 0 Å². The Morgan fingerprint density at radius 3 is 2.79 bits per heavy atom. The largest absolute Gasteiger partial charge is 0.479 e. The molecule has 98 valence electrons. The maximum atomic E-state index is 12.4. The molecule has 2 aliphatic rings. The Bertz CT molecular complexity index is 577. The molecule has 0 aromatic heterocycles. The van der Waals surface area contributed by atoms with Crippen molar-refractivity contribution in [1.29, 1.82) is 0 Å². The molecule has 19 heavy (non-hydrogen) atoms. The molecule has 1 aromatic rings. The van der Waals surface area contributed by atoms with Crippen molar-refractivity contribution >= 4 is 11.9 Å². The standard InChI is InChI=1S/C15H15NO3/c17-14(16-8-2-5-13(16)15(18)19)12-7-6-10-3-1-4-11(10)9-12/h2,5-7,9,13H,1,3-4,8H2,(H,18,19)/t13-/m0/s1. The molecule has 1 aromatic carbocycles. The number of nitrogens with zero attached hydrogens (tertiary/aromatic N) is 1. The zero-order valence-electron chi connectivity index (χ0n) is 10.5. The van der Waals surface area contributed by atoms with Gasteiger partial charge in [-0.2, -0.15) is 0 Å². The molecule has 0 spiro atoms. The normalized spacial score (nSPS) is 20.6. The van der Waals surface area contributed by atoms with E-state index in [0.29, 0.717) is 12.1 Å². The summed E-state index contributed by atoms with van der Waals surface area (Å²) in [7, 11) is 0. The highest BCUT2D eigenvalue weighted by Crippen LogP contribution is 2.24. The lowest BCUT2D eigenvalue weighted by Crippen LogP contribution is -2.40. The number of amides is 1. The molecular formula is C15H15NO3. The number of benzene rings is 1. The summed E-state index contributed by atoms with van der Waals surface area (Å²) < 4.78 is 0. The third kappa shape index (κ3) is 2.03. The number of aliphatic carboxylic acids is 1. The van der Waals surface area contributed by atoms with Crippen molar-refractivity contribution in [3.05, 3.63) is 47.0 Å². The molecule has 1 atom stereocenters. The third-order valence-electron chi connectivity index (χ3n) is 3.82. The number of fused-ring (bicyclic) bond motifs is 1. The highest BCUT2D eigenvalue weighted by molar-refractivity contribution is 5.98. The van der Waals surface area contributed by atoms with Gasteiger partial charge >= 0.3 is 5.97 Å². The molecular weight excluding hydrogens is 242 g/mol. The first-order valence-electron chi connectivity index (χ1n) is 6.49. The Labute approximate surface area is 111 Å². The molecule has 3 rings (SSSR count). The van der Waals surface area contributed by atoms with Gasteiger partial charge in [-0.15, -0.1) is 0 Å². The molecule has 1 aliphatic heterocycles. The molecule has 1 amide bonds. The van der Waals surface area contributed by atoms with Crippen molar-refractivity contribution in [2.24, 2.45) is 0 Å². The molecule has 0 bridgehead atoms. The number of aryl methyl sites for hydroxylation is 2. The summed E-state index contributed by atoms with van der Waals surface area (Å²) in [6.45, 7) is 0.368. The van der Waals surface area contributed by atoms with E-state index in [1.165, 1.54) is 16.0 Å². The van der Waals surface area contributed by atoms with Gasteiger partial charge in [-0.1, -0.05) is 18.2 Å². The van der Waals surface area contributed by atoms with E-state index in [0.717, 1.165) is 19.3 Å². The number of rotatable bonds is 2. The minimum atomic E-state index is -0.983. The molecule has 1 aliphatic carbocycles. The average Bonchev–Trinajstić information content (AvgIpc) is 3.05. The fourth-order valence-corrected chi connectivity index (χ4v) is 2.82. The van der Waals surface area contributed by atoms with Crippen LogP contribution in [0.15, 0.2) is 30.4 Å². The lowest BCUT2D eigenvalue weighted by Gasteiger charge is -2.21. The summed E-state index contributed by atoms with van der Waals surface area (Å²) in [4.78, 5) is 24.9. The van der Waals surface area contributed by atoms with E-state index in [9.17, 15) is 9.59 Å². The van der Waals surface area contributed by atoms with Crippen molar-refractivity contribution in [2.75, 3.05) is 6.54 Å². The Morgan fingerprint density at radius 1 is 1.21 bits per heavy atom. The Kier molecular flexibility index (Phi) is 2.85. The van der Waals surface area contributed by atoms with Crippen LogP contribution < -0.4 is 0 Å². The zero-order valence-corrected chi connectivity index (χ0v) is 10.5. The van der Waals surface area contributed by atoms with Gasteiger partial charge in [0.1, 0.15) is 6.04 Å². The van der Waals surface area contributed by atoms with Gasteiger partial charge in [0.25, 0.3) is 5.91 Å². The van der Waals surface area contributed by atoms with E-state index >= 15 is 0 Å². The van der Waals surface area contributed by atoms with Gasteiger partial charge in [0.15, 0.2) is 0 Å². The van der Waals surface area contributed by atoms with Gasteiger partial charge in [0.05, 0.1) is 0 Å². The summed E-state index contributed by atoms with van der Waals surface area (Å²) in [6.07, 6.45) is 6.51. The van der Waals surface area contributed by atoms with E-state index in [1.54, 1.807) is 12.2 Å². The van der Waals surface area contributed by atoms with Gasteiger partial charge in [-0.3, -0.25) is 4.79 Å². The third-order valence-corrected chi connectivity index (χ3v) is 3.82. The molecule has 1 heterocycles. The first kappa shape index (κ1) is 12.0. The van der Waals surface area contributed by atoms with E-state index in [-0.39, 0.29) is 5.91 Å². The number of carbonyl (C=O) groups excluding carboxylic acids is 1. The second kappa shape index (κ2) is 4.53. The van der Waals surface area contributed by atoms with Crippen LogP contribution >= 0.6 is 0 Å². The molecule has 0 fully saturated rings. The zero-order chi connectivity index (χ0) is 13.4. The summed E-state index contributed by atoms with van der Waals surface area (Å²) in [6, 6.07) is 4.89. The van der Waals surface area contributed by atoms with Crippen LogP contribution in [0.5, 0.6) is 0 Å². The average molecular weight is 257 g/mol. The van der Waals surface area contributed by atoms with Crippen LogP contribution in [0.4, 0.5) is 0 Å². The van der Waals surface area contributed by atoms with Crippen molar-refractivity contribution in [1.82, 2.24) is 4.90 Å². The molecule has 4 nitrogen and oxygen atoms in total. The van der Waals surface area contributed by atoms with Gasteiger partial charge in [0.2, 0.25) is 0 Å². The Hall–Kier alpha value is -2.10. The topological polar surface area (TPSA) is 57.6 Å². The summed E-state index contributed by atoms with van der Waals surface area (Å²) in [5, 5.41) is 9.09. The lowest BCUT2D eigenvalue weighted by atomic mass is 10.1. The van der Waals surface area contributed by atoms with Crippen LogP contribution in [0.25, 0.3) is 0 Å². The predicted molar refractivity (Wildman–Crippen MR) is 70.1 cm³/mol. The maximum absolute atomic E-state index is 12.4. The number of carbonyl (C=O) groups is 2. The minimum Gasteiger partial charge on any atom is -0.479 e. The van der Waals surface area contributed by atoms with E-state index in [4.69, 9.17) is 5.11 Å². The number of carboxylic acids is 1. The van der Waals surface area contributed by atoms with Crippen molar-refractivity contribution in [3.8, 4) is 0 Å². The smallest absolute Gasteiger partial charge is 0.330 e. The van der Waals surface area contributed by atoms with Crippen molar-refractivity contribution < 1.29 is 14.7 Å². The van der Waals surface area contributed by atoms with Gasteiger partial charge in [0, 0.05) is 12.1 Å². The fraction of sp³-hybridized carbons (Fsp3) is 0.333. The van der Waals surface area contributed by atoms with Gasteiger partial charge < -0.3 is 10.0 Å². The molecule has 0 radical (unpaired) electrons. The van der Waals surface area contributed by atoms with Crippen LogP contribution in [0, 0.1) is 0 Å². The van der Waals surface area contributed by atoms with E-state index < -0.39 is 12.0 Å². The summed E-state index contributed by atoms with van der Waals surface area (Å²) in [5.41, 5.74) is 3.13. The van der Waals surface area contributed by atoms with E-state index in [1.807, 2.05) is 18.2 Å². The second-order valence-corrected chi connectivity index (χ2v) is 5.01. The fourth-order valence-electron chi connectivity index (χ4n) is 2.82. The van der Waals surface area contributed by atoms with Gasteiger partial charge in [-0.25, -0.2) is 4.79 Å². The second-order valence-electron chi connectivity index (χ2n) is 5.01. The first-order chi connectivity index (χ1) is 9.16. The molecule has 1 N–H and O–H groups in total. The maximum Gasteiger partial charge on any atom is 0.330 e. The highest BCUT2D eigenvalue weighted by Gasteiger charge is 2.31. The van der Waals surface area contributed by atoms with Crippen LogP contribution in [0.1, 0.15) is 27.9 Å². The monoisotopic (exact) mass is 257 g/mol. The van der Waals surface area contributed by atoms with Crippen LogP contribution in [-0.4, -0.2) is 34.5 Å². The minimum absolute atomic E-state index is 0.202. The number of hydrogen-bond donors (Lipinski definition) is 1. The van der Waals surface area contributed by atoms with Crippen molar-refractivity contribution in [3.63, 3.8) is 0 Å². The summed E-state index contributed by atoms with van der Waals surface area (Å²) >= 11 is 0. The molecule has 0 unspecified atom stereocenters. The molecule has 0 saturated heterocycles. The number of carboxylic acid groups (broad SMARTS) is 1. The van der Waals surface area contributed by atoms with Gasteiger partial charge in [-0.05, 0) is 42.5 Å². The predicted octanol–water partition coefficient (Wildman–Crippen LogP) is 1.64. The number of hydrogen-bond acceptors (Lipinski definition) is 2. The van der Waals surface area contributed by atoms with E-state index in [2.05, 4.69) is 0 Å².